The molecule has 1 heterocycles. The van der Waals surface area contributed by atoms with Crippen LogP contribution in [0.5, 0.6) is 0 Å². The number of halogens is 1. The van der Waals surface area contributed by atoms with Crippen LogP contribution in [0.2, 0.25) is 5.02 Å². The van der Waals surface area contributed by atoms with E-state index >= 15 is 0 Å². The van der Waals surface area contributed by atoms with Gasteiger partial charge in [0.25, 0.3) is 0 Å². The van der Waals surface area contributed by atoms with E-state index in [1.165, 1.54) is 0 Å². The molecule has 1 saturated heterocycles. The Hall–Kier alpha value is -0.765. The van der Waals surface area contributed by atoms with Crippen LogP contribution in [0.3, 0.4) is 0 Å². The number of hydrogen-bond donors (Lipinski definition) is 0. The smallest absolute Gasteiger partial charge is 0.405 e. The monoisotopic (exact) mass is 264 g/mol. The van der Waals surface area contributed by atoms with Crippen molar-refractivity contribution >= 4 is 24.8 Å². The summed E-state index contributed by atoms with van der Waals surface area (Å²) in [5.41, 5.74) is 0.953. The molecule has 1 atom stereocenters. The summed E-state index contributed by atoms with van der Waals surface area (Å²) in [4.78, 5) is 0. The lowest BCUT2D eigenvalue weighted by molar-refractivity contribution is -0.0235. The molecule has 96 valence electrons. The predicted octanol–water partition coefficient (Wildman–Crippen LogP) is 3.98. The lowest BCUT2D eigenvalue weighted by Gasteiger charge is -2.37. The molecule has 0 radical (unpaired) electrons. The SMILES string of the molecule is CC1CC(C)(C)OB(/C=C/c2ccc(Cl)cc2)O1. The molecule has 1 unspecified atom stereocenters. The Morgan fingerprint density at radius 2 is 2.00 bits per heavy atom. The van der Waals surface area contributed by atoms with E-state index in [9.17, 15) is 0 Å². The summed E-state index contributed by atoms with van der Waals surface area (Å²) in [5, 5.41) is 0.743. The maximum Gasteiger partial charge on any atom is 0.486 e. The molecule has 0 N–H and O–H groups in total. The first-order valence-electron chi connectivity index (χ1n) is 6.22. The van der Waals surface area contributed by atoms with Crippen molar-refractivity contribution < 1.29 is 9.31 Å². The van der Waals surface area contributed by atoms with Crippen molar-refractivity contribution in [2.45, 2.75) is 38.9 Å². The summed E-state index contributed by atoms with van der Waals surface area (Å²) in [6.07, 6.45) is 3.13. The Morgan fingerprint density at radius 3 is 2.61 bits per heavy atom. The van der Waals surface area contributed by atoms with Gasteiger partial charge in [-0.2, -0.15) is 0 Å². The molecular weight excluding hydrogens is 246 g/mol. The standard InChI is InChI=1S/C14H18BClO2/c1-11-10-14(2,3)18-15(17-11)9-8-12-4-6-13(16)7-5-12/h4-9,11H,10H2,1-3H3/b9-8+. The van der Waals surface area contributed by atoms with E-state index < -0.39 is 0 Å². The molecule has 2 rings (SSSR count). The fourth-order valence-electron chi connectivity index (χ4n) is 2.21. The van der Waals surface area contributed by atoms with Crippen LogP contribution in [0.1, 0.15) is 32.8 Å². The van der Waals surface area contributed by atoms with Gasteiger partial charge >= 0.3 is 7.12 Å². The van der Waals surface area contributed by atoms with Crippen LogP contribution < -0.4 is 0 Å². The van der Waals surface area contributed by atoms with E-state index in [-0.39, 0.29) is 18.8 Å². The highest BCUT2D eigenvalue weighted by Crippen LogP contribution is 2.26. The van der Waals surface area contributed by atoms with E-state index in [1.807, 2.05) is 36.3 Å². The molecule has 1 aliphatic rings. The van der Waals surface area contributed by atoms with Crippen molar-refractivity contribution in [1.82, 2.24) is 0 Å². The van der Waals surface area contributed by atoms with E-state index in [1.54, 1.807) is 0 Å². The van der Waals surface area contributed by atoms with Gasteiger partial charge in [-0.25, -0.2) is 0 Å². The quantitative estimate of drug-likeness (QED) is 0.752. The molecule has 2 nitrogen and oxygen atoms in total. The van der Waals surface area contributed by atoms with Crippen LogP contribution in [0.4, 0.5) is 0 Å². The molecule has 0 amide bonds. The zero-order valence-corrected chi connectivity index (χ0v) is 11.8. The zero-order chi connectivity index (χ0) is 13.2. The number of rotatable bonds is 2. The highest BCUT2D eigenvalue weighted by atomic mass is 35.5. The van der Waals surface area contributed by atoms with Gasteiger partial charge in [-0.3, -0.25) is 0 Å². The maximum absolute atomic E-state index is 5.85. The average molecular weight is 265 g/mol. The topological polar surface area (TPSA) is 18.5 Å². The van der Waals surface area contributed by atoms with Crippen molar-refractivity contribution in [3.63, 3.8) is 0 Å². The summed E-state index contributed by atoms with van der Waals surface area (Å²) in [7, 11) is -0.278. The second-order valence-corrected chi connectivity index (χ2v) is 5.74. The van der Waals surface area contributed by atoms with Gasteiger partial charge in [-0.1, -0.05) is 35.8 Å². The molecule has 0 aromatic heterocycles. The second-order valence-electron chi connectivity index (χ2n) is 5.31. The van der Waals surface area contributed by atoms with Crippen LogP contribution in [-0.2, 0) is 9.31 Å². The Bertz CT molecular complexity index is 428. The van der Waals surface area contributed by atoms with E-state index in [0.29, 0.717) is 0 Å². The van der Waals surface area contributed by atoms with Gasteiger partial charge in [0.05, 0.1) is 5.60 Å². The van der Waals surface area contributed by atoms with Gasteiger partial charge in [0.15, 0.2) is 0 Å². The molecule has 1 aromatic carbocycles. The molecule has 18 heavy (non-hydrogen) atoms. The highest BCUT2D eigenvalue weighted by molar-refractivity contribution is 6.52. The minimum Gasteiger partial charge on any atom is -0.405 e. The van der Waals surface area contributed by atoms with Crippen molar-refractivity contribution in [3.05, 3.63) is 40.8 Å². The highest BCUT2D eigenvalue weighted by Gasteiger charge is 2.35. The average Bonchev–Trinajstić information content (AvgIpc) is 2.25. The van der Waals surface area contributed by atoms with Gasteiger partial charge in [-0.15, -0.1) is 0 Å². The third-order valence-electron chi connectivity index (χ3n) is 2.90. The van der Waals surface area contributed by atoms with Crippen molar-refractivity contribution in [2.24, 2.45) is 0 Å². The molecule has 1 aliphatic heterocycles. The van der Waals surface area contributed by atoms with Gasteiger partial charge in [0, 0.05) is 11.1 Å². The molecule has 0 saturated carbocycles. The Labute approximate surface area is 114 Å². The van der Waals surface area contributed by atoms with E-state index in [2.05, 4.69) is 20.8 Å². The first kappa shape index (κ1) is 13.7. The maximum atomic E-state index is 5.85. The number of hydrogen-bond acceptors (Lipinski definition) is 2. The molecular formula is C14H18BClO2. The zero-order valence-electron chi connectivity index (χ0n) is 11.0. The summed E-state index contributed by atoms with van der Waals surface area (Å²) in [6, 6.07) is 7.68. The summed E-state index contributed by atoms with van der Waals surface area (Å²) in [6.45, 7) is 6.26. The fraction of sp³-hybridized carbons (Fsp3) is 0.429. The first-order valence-corrected chi connectivity index (χ1v) is 6.59. The van der Waals surface area contributed by atoms with E-state index in [4.69, 9.17) is 20.9 Å². The second kappa shape index (κ2) is 5.47. The molecule has 4 heteroatoms. The third kappa shape index (κ3) is 3.87. The minimum atomic E-state index is -0.278. The Kier molecular flexibility index (Phi) is 4.16. The molecule has 1 aromatic rings. The van der Waals surface area contributed by atoms with E-state index in [0.717, 1.165) is 17.0 Å². The molecule has 0 aliphatic carbocycles. The van der Waals surface area contributed by atoms with Crippen molar-refractivity contribution in [3.8, 4) is 0 Å². The largest absolute Gasteiger partial charge is 0.486 e. The lowest BCUT2D eigenvalue weighted by Crippen LogP contribution is -2.45. The normalized spacial score (nSPS) is 23.6. The third-order valence-corrected chi connectivity index (χ3v) is 3.15. The predicted molar refractivity (Wildman–Crippen MR) is 76.6 cm³/mol. The van der Waals surface area contributed by atoms with Crippen LogP contribution in [0, 0.1) is 0 Å². The Morgan fingerprint density at radius 1 is 1.33 bits per heavy atom. The van der Waals surface area contributed by atoms with Gasteiger partial charge in [0.1, 0.15) is 0 Å². The van der Waals surface area contributed by atoms with Crippen LogP contribution in [-0.4, -0.2) is 18.8 Å². The van der Waals surface area contributed by atoms with Crippen LogP contribution >= 0.6 is 11.6 Å². The van der Waals surface area contributed by atoms with Crippen LogP contribution in [0.25, 0.3) is 6.08 Å². The molecule has 0 spiro atoms. The van der Waals surface area contributed by atoms with Crippen LogP contribution in [0.15, 0.2) is 30.2 Å². The fourth-order valence-corrected chi connectivity index (χ4v) is 2.33. The Balaban J connectivity index is 2.02. The summed E-state index contributed by atoms with van der Waals surface area (Å²) in [5.74, 6) is 1.95. The first-order chi connectivity index (χ1) is 8.44. The molecule has 0 bridgehead atoms. The summed E-state index contributed by atoms with van der Waals surface area (Å²) < 4.78 is 11.6. The van der Waals surface area contributed by atoms with Gasteiger partial charge in [-0.05, 0) is 44.9 Å². The van der Waals surface area contributed by atoms with Crippen molar-refractivity contribution in [1.29, 1.82) is 0 Å². The molecule has 1 fully saturated rings. The van der Waals surface area contributed by atoms with Gasteiger partial charge < -0.3 is 9.31 Å². The number of benzene rings is 1. The lowest BCUT2D eigenvalue weighted by atomic mass is 9.82. The summed E-state index contributed by atoms with van der Waals surface area (Å²) >= 11 is 5.84. The van der Waals surface area contributed by atoms with Gasteiger partial charge in [0.2, 0.25) is 0 Å². The van der Waals surface area contributed by atoms with Crippen molar-refractivity contribution in [2.75, 3.05) is 0 Å². The minimum absolute atomic E-state index is 0.132.